The number of aliphatic carboxylic acids is 1. The molecule has 1 aromatic carbocycles. The zero-order valence-corrected chi connectivity index (χ0v) is 14.7. The van der Waals surface area contributed by atoms with E-state index in [1.165, 1.54) is 0 Å². The van der Waals surface area contributed by atoms with Gasteiger partial charge in [0, 0.05) is 13.1 Å². The standard InChI is InChI=1S/C17H26N2O5/c1-12(19(2)10-8-16(20)21)17(22)18-9-7-13-5-6-14(23-3)15(11-13)24-4/h5-6,11-12H,7-10H2,1-4H3,(H,18,22)(H,20,21). The van der Waals surface area contributed by atoms with E-state index < -0.39 is 5.97 Å². The topological polar surface area (TPSA) is 88.1 Å². The summed E-state index contributed by atoms with van der Waals surface area (Å²) in [5.74, 6) is 0.327. The number of carboxylic acids is 1. The summed E-state index contributed by atoms with van der Waals surface area (Å²) in [6.07, 6.45) is 0.678. The molecule has 0 aliphatic rings. The van der Waals surface area contributed by atoms with Gasteiger partial charge in [0.25, 0.3) is 0 Å². The minimum Gasteiger partial charge on any atom is -0.493 e. The Morgan fingerprint density at radius 3 is 2.50 bits per heavy atom. The predicted molar refractivity (Wildman–Crippen MR) is 90.6 cm³/mol. The van der Waals surface area contributed by atoms with Crippen LogP contribution < -0.4 is 14.8 Å². The molecule has 0 saturated heterocycles. The van der Waals surface area contributed by atoms with E-state index in [4.69, 9.17) is 14.6 Å². The van der Waals surface area contributed by atoms with Gasteiger partial charge in [0.05, 0.1) is 26.7 Å². The molecule has 1 atom stereocenters. The molecular weight excluding hydrogens is 312 g/mol. The minimum absolute atomic E-state index is 0.0137. The lowest BCUT2D eigenvalue weighted by molar-refractivity contribution is -0.138. The first-order valence-electron chi connectivity index (χ1n) is 7.79. The molecule has 24 heavy (non-hydrogen) atoms. The van der Waals surface area contributed by atoms with Crippen molar-refractivity contribution in [1.29, 1.82) is 0 Å². The van der Waals surface area contributed by atoms with Gasteiger partial charge >= 0.3 is 5.97 Å². The third kappa shape index (κ3) is 6.08. The molecule has 0 radical (unpaired) electrons. The number of nitrogens with zero attached hydrogens (tertiary/aromatic N) is 1. The van der Waals surface area contributed by atoms with E-state index in [-0.39, 0.29) is 18.4 Å². The summed E-state index contributed by atoms with van der Waals surface area (Å²) in [5, 5.41) is 11.5. The summed E-state index contributed by atoms with van der Waals surface area (Å²) in [5.41, 5.74) is 1.03. The Bertz CT molecular complexity index is 562. The van der Waals surface area contributed by atoms with Crippen LogP contribution in [0.4, 0.5) is 0 Å². The Morgan fingerprint density at radius 1 is 1.25 bits per heavy atom. The van der Waals surface area contributed by atoms with E-state index in [1.807, 2.05) is 18.2 Å². The Hall–Kier alpha value is -2.28. The van der Waals surface area contributed by atoms with Crippen LogP contribution in [0.2, 0.25) is 0 Å². The average Bonchev–Trinajstić information content (AvgIpc) is 2.58. The third-order valence-electron chi connectivity index (χ3n) is 3.88. The van der Waals surface area contributed by atoms with Crippen molar-refractivity contribution in [3.05, 3.63) is 23.8 Å². The number of benzene rings is 1. The van der Waals surface area contributed by atoms with Gasteiger partial charge in [-0.05, 0) is 38.1 Å². The van der Waals surface area contributed by atoms with Crippen molar-refractivity contribution in [3.8, 4) is 11.5 Å². The number of methoxy groups -OCH3 is 2. The Labute approximate surface area is 142 Å². The molecule has 0 bridgehead atoms. The van der Waals surface area contributed by atoms with E-state index in [0.29, 0.717) is 31.0 Å². The molecule has 134 valence electrons. The lowest BCUT2D eigenvalue weighted by Gasteiger charge is -2.23. The molecule has 0 aliphatic heterocycles. The lowest BCUT2D eigenvalue weighted by Crippen LogP contribution is -2.44. The fourth-order valence-corrected chi connectivity index (χ4v) is 2.18. The minimum atomic E-state index is -0.872. The maximum atomic E-state index is 12.1. The predicted octanol–water partition coefficient (Wildman–Crippen LogP) is 1.16. The van der Waals surface area contributed by atoms with Crippen LogP contribution in [0.5, 0.6) is 11.5 Å². The summed E-state index contributed by atoms with van der Waals surface area (Å²) >= 11 is 0. The SMILES string of the molecule is COc1ccc(CCNC(=O)C(C)N(C)CCC(=O)O)cc1OC. The molecule has 1 rings (SSSR count). The van der Waals surface area contributed by atoms with E-state index in [1.54, 1.807) is 33.1 Å². The molecule has 1 unspecified atom stereocenters. The zero-order chi connectivity index (χ0) is 18.1. The monoisotopic (exact) mass is 338 g/mol. The van der Waals surface area contributed by atoms with E-state index in [0.717, 1.165) is 5.56 Å². The van der Waals surface area contributed by atoms with Gasteiger partial charge in [-0.25, -0.2) is 0 Å². The first-order chi connectivity index (χ1) is 11.4. The number of nitrogens with one attached hydrogen (secondary N) is 1. The molecule has 0 aliphatic carbocycles. The number of rotatable bonds is 10. The van der Waals surface area contributed by atoms with E-state index in [9.17, 15) is 9.59 Å². The quantitative estimate of drug-likeness (QED) is 0.665. The summed E-state index contributed by atoms with van der Waals surface area (Å²) in [6, 6.07) is 5.26. The molecule has 0 spiro atoms. The molecular formula is C17H26N2O5. The van der Waals surface area contributed by atoms with Gasteiger partial charge in [-0.3, -0.25) is 14.5 Å². The number of carboxylic acid groups (broad SMARTS) is 1. The number of carbonyl (C=O) groups excluding carboxylic acids is 1. The summed E-state index contributed by atoms with van der Waals surface area (Å²) < 4.78 is 10.4. The average molecular weight is 338 g/mol. The molecule has 0 aromatic heterocycles. The van der Waals surface area contributed by atoms with Crippen molar-refractivity contribution in [3.63, 3.8) is 0 Å². The zero-order valence-electron chi connectivity index (χ0n) is 14.7. The van der Waals surface area contributed by atoms with Crippen molar-refractivity contribution in [2.24, 2.45) is 0 Å². The summed E-state index contributed by atoms with van der Waals surface area (Å²) in [7, 11) is 4.90. The number of hydrogen-bond acceptors (Lipinski definition) is 5. The van der Waals surface area contributed by atoms with Gasteiger partial charge in [0.1, 0.15) is 0 Å². The maximum absolute atomic E-state index is 12.1. The van der Waals surface area contributed by atoms with Crippen LogP contribution in [0.15, 0.2) is 18.2 Å². The number of likely N-dealkylation sites (N-methyl/N-ethyl adjacent to an activating group) is 1. The lowest BCUT2D eigenvalue weighted by atomic mass is 10.1. The van der Waals surface area contributed by atoms with Gasteiger partial charge in [-0.15, -0.1) is 0 Å². The van der Waals surface area contributed by atoms with Crippen LogP contribution in [-0.2, 0) is 16.0 Å². The van der Waals surface area contributed by atoms with Gasteiger partial charge in [-0.2, -0.15) is 0 Å². The van der Waals surface area contributed by atoms with E-state index >= 15 is 0 Å². The number of ether oxygens (including phenoxy) is 2. The van der Waals surface area contributed by atoms with Crippen LogP contribution >= 0.6 is 0 Å². The van der Waals surface area contributed by atoms with Crippen molar-refractivity contribution < 1.29 is 24.2 Å². The van der Waals surface area contributed by atoms with Crippen LogP contribution in [0, 0.1) is 0 Å². The molecule has 0 heterocycles. The third-order valence-corrected chi connectivity index (χ3v) is 3.88. The van der Waals surface area contributed by atoms with Gasteiger partial charge in [0.15, 0.2) is 11.5 Å². The van der Waals surface area contributed by atoms with Crippen LogP contribution in [0.1, 0.15) is 18.9 Å². The van der Waals surface area contributed by atoms with Gasteiger partial charge in [0.2, 0.25) is 5.91 Å². The highest BCUT2D eigenvalue weighted by atomic mass is 16.5. The Kier molecular flexibility index (Phi) is 8.05. The molecule has 2 N–H and O–H groups in total. The van der Waals surface area contributed by atoms with E-state index in [2.05, 4.69) is 5.32 Å². The molecule has 1 amide bonds. The highest BCUT2D eigenvalue weighted by molar-refractivity contribution is 5.81. The fraction of sp³-hybridized carbons (Fsp3) is 0.529. The summed E-state index contributed by atoms with van der Waals surface area (Å²) in [4.78, 5) is 24.4. The number of carbonyl (C=O) groups is 2. The maximum Gasteiger partial charge on any atom is 0.304 e. The molecule has 7 heteroatoms. The smallest absolute Gasteiger partial charge is 0.304 e. The number of amides is 1. The van der Waals surface area contributed by atoms with Crippen molar-refractivity contribution in [2.45, 2.75) is 25.8 Å². The second kappa shape index (κ2) is 9.77. The second-order valence-corrected chi connectivity index (χ2v) is 5.53. The molecule has 7 nitrogen and oxygen atoms in total. The Morgan fingerprint density at radius 2 is 1.92 bits per heavy atom. The molecule has 1 aromatic rings. The summed E-state index contributed by atoms with van der Waals surface area (Å²) in [6.45, 7) is 2.58. The highest BCUT2D eigenvalue weighted by Crippen LogP contribution is 2.27. The number of hydrogen-bond donors (Lipinski definition) is 2. The van der Waals surface area contributed by atoms with Crippen molar-refractivity contribution >= 4 is 11.9 Å². The van der Waals surface area contributed by atoms with Gasteiger partial charge < -0.3 is 19.9 Å². The first-order valence-corrected chi connectivity index (χ1v) is 7.79. The van der Waals surface area contributed by atoms with Gasteiger partial charge in [-0.1, -0.05) is 6.07 Å². The first kappa shape index (κ1) is 19.8. The Balaban J connectivity index is 2.46. The van der Waals surface area contributed by atoms with Crippen molar-refractivity contribution in [1.82, 2.24) is 10.2 Å². The highest BCUT2D eigenvalue weighted by Gasteiger charge is 2.18. The van der Waals surface area contributed by atoms with Crippen LogP contribution in [0.25, 0.3) is 0 Å². The largest absolute Gasteiger partial charge is 0.493 e. The fourth-order valence-electron chi connectivity index (χ4n) is 2.18. The van der Waals surface area contributed by atoms with Crippen molar-refractivity contribution in [2.75, 3.05) is 34.4 Å². The normalized spacial score (nSPS) is 11.9. The van der Waals surface area contributed by atoms with Crippen LogP contribution in [-0.4, -0.2) is 62.3 Å². The molecule has 0 fully saturated rings. The second-order valence-electron chi connectivity index (χ2n) is 5.53. The molecule has 0 saturated carbocycles. The van der Waals surface area contributed by atoms with Crippen LogP contribution in [0.3, 0.4) is 0 Å².